The first kappa shape index (κ1) is 24.4. The van der Waals surface area contributed by atoms with Crippen LogP contribution in [0.1, 0.15) is 37.6 Å². The molecule has 1 amide bonds. The van der Waals surface area contributed by atoms with Crippen molar-refractivity contribution in [3.63, 3.8) is 0 Å². The summed E-state index contributed by atoms with van der Waals surface area (Å²) in [4.78, 5) is 17.1. The van der Waals surface area contributed by atoms with Crippen molar-refractivity contribution in [2.24, 2.45) is 5.92 Å². The van der Waals surface area contributed by atoms with Crippen molar-refractivity contribution in [1.29, 1.82) is 0 Å². The van der Waals surface area contributed by atoms with Gasteiger partial charge in [0, 0.05) is 39.4 Å². The summed E-state index contributed by atoms with van der Waals surface area (Å²) in [7, 11) is -0.0159. The van der Waals surface area contributed by atoms with Gasteiger partial charge in [-0.25, -0.2) is 8.42 Å². The lowest BCUT2D eigenvalue weighted by molar-refractivity contribution is 0.0108. The van der Waals surface area contributed by atoms with E-state index in [2.05, 4.69) is 30.4 Å². The van der Waals surface area contributed by atoms with E-state index in [1.165, 1.54) is 0 Å². The van der Waals surface area contributed by atoms with Crippen LogP contribution in [0.4, 0.5) is 5.69 Å². The Bertz CT molecular complexity index is 830. The zero-order chi connectivity index (χ0) is 22.5. The predicted octanol–water partition coefficient (Wildman–Crippen LogP) is 2.27. The van der Waals surface area contributed by atoms with E-state index in [4.69, 9.17) is 9.47 Å². The molecule has 0 aliphatic carbocycles. The number of nitrogens with zero attached hydrogens (tertiary/aromatic N) is 2. The SMILES string of the molecule is CCCN1C[C@@H](C)[C@@H](OC)CN(C)C(=O)c2ccc(NS(C)(=O)=O)cc2OC[C@H]1C. The third-order valence-corrected chi connectivity index (χ3v) is 6.00. The molecular weight excluding hydrogens is 406 g/mol. The molecule has 1 aromatic rings. The summed E-state index contributed by atoms with van der Waals surface area (Å²) in [6, 6.07) is 4.87. The highest BCUT2D eigenvalue weighted by atomic mass is 32.2. The van der Waals surface area contributed by atoms with Gasteiger partial charge in [0.05, 0.1) is 23.6 Å². The highest BCUT2D eigenvalue weighted by Crippen LogP contribution is 2.27. The van der Waals surface area contributed by atoms with Gasteiger partial charge in [0.15, 0.2) is 0 Å². The van der Waals surface area contributed by atoms with Crippen LogP contribution in [-0.2, 0) is 14.8 Å². The summed E-state index contributed by atoms with van der Waals surface area (Å²) in [5.74, 6) is 0.412. The molecule has 3 atom stereocenters. The lowest BCUT2D eigenvalue weighted by Crippen LogP contribution is -2.46. The Morgan fingerprint density at radius 2 is 1.97 bits per heavy atom. The average molecular weight is 442 g/mol. The van der Waals surface area contributed by atoms with E-state index in [0.29, 0.717) is 30.2 Å². The summed E-state index contributed by atoms with van der Waals surface area (Å²) >= 11 is 0. The van der Waals surface area contributed by atoms with E-state index in [0.717, 1.165) is 25.8 Å². The smallest absolute Gasteiger partial charge is 0.257 e. The summed E-state index contributed by atoms with van der Waals surface area (Å²) in [6.45, 7) is 9.00. The molecule has 0 saturated carbocycles. The second kappa shape index (κ2) is 10.5. The van der Waals surface area contributed by atoms with Gasteiger partial charge in [-0.05, 0) is 37.9 Å². The first-order valence-electron chi connectivity index (χ1n) is 10.3. The topological polar surface area (TPSA) is 88.2 Å². The molecule has 1 heterocycles. The van der Waals surface area contributed by atoms with Crippen molar-refractivity contribution in [3.05, 3.63) is 23.8 Å². The third kappa shape index (κ3) is 6.58. The van der Waals surface area contributed by atoms with Crippen LogP contribution in [0.5, 0.6) is 5.75 Å². The van der Waals surface area contributed by atoms with E-state index in [-0.39, 0.29) is 24.0 Å². The van der Waals surface area contributed by atoms with Gasteiger partial charge in [-0.3, -0.25) is 14.4 Å². The van der Waals surface area contributed by atoms with E-state index >= 15 is 0 Å². The minimum absolute atomic E-state index is 0.0968. The Morgan fingerprint density at radius 1 is 1.27 bits per heavy atom. The third-order valence-electron chi connectivity index (χ3n) is 5.39. The number of nitrogens with one attached hydrogen (secondary N) is 1. The molecule has 8 nitrogen and oxygen atoms in total. The largest absolute Gasteiger partial charge is 0.491 e. The second-order valence-electron chi connectivity index (χ2n) is 8.18. The lowest BCUT2D eigenvalue weighted by Gasteiger charge is -2.35. The number of rotatable bonds is 5. The van der Waals surface area contributed by atoms with E-state index < -0.39 is 10.0 Å². The van der Waals surface area contributed by atoms with Crippen molar-refractivity contribution in [1.82, 2.24) is 9.80 Å². The van der Waals surface area contributed by atoms with E-state index in [1.807, 2.05) is 0 Å². The number of carbonyl (C=O) groups excluding carboxylic acids is 1. The van der Waals surface area contributed by atoms with Crippen molar-refractivity contribution < 1.29 is 22.7 Å². The zero-order valence-corrected chi connectivity index (χ0v) is 19.7. The zero-order valence-electron chi connectivity index (χ0n) is 18.8. The highest BCUT2D eigenvalue weighted by Gasteiger charge is 2.28. The molecule has 1 N–H and O–H groups in total. The second-order valence-corrected chi connectivity index (χ2v) is 9.93. The Hall–Kier alpha value is -1.84. The Balaban J connectivity index is 2.44. The van der Waals surface area contributed by atoms with Gasteiger partial charge in [0.1, 0.15) is 12.4 Å². The van der Waals surface area contributed by atoms with Gasteiger partial charge in [-0.1, -0.05) is 13.8 Å². The van der Waals surface area contributed by atoms with Crippen LogP contribution < -0.4 is 9.46 Å². The maximum Gasteiger partial charge on any atom is 0.257 e. The number of methoxy groups -OCH3 is 1. The molecule has 1 aliphatic heterocycles. The number of sulfonamides is 1. The van der Waals surface area contributed by atoms with Crippen LogP contribution in [0, 0.1) is 5.92 Å². The molecule has 0 saturated heterocycles. The van der Waals surface area contributed by atoms with E-state index in [9.17, 15) is 13.2 Å². The fourth-order valence-corrected chi connectivity index (χ4v) is 4.28. The number of carbonyl (C=O) groups is 1. The quantitative estimate of drug-likeness (QED) is 0.754. The minimum atomic E-state index is -3.44. The maximum atomic E-state index is 13.1. The maximum absolute atomic E-state index is 13.1. The van der Waals surface area contributed by atoms with E-state index in [1.54, 1.807) is 37.3 Å². The Morgan fingerprint density at radius 3 is 2.57 bits per heavy atom. The van der Waals surface area contributed by atoms with Crippen LogP contribution in [0.15, 0.2) is 18.2 Å². The number of hydrogen-bond acceptors (Lipinski definition) is 6. The number of ether oxygens (including phenoxy) is 2. The molecule has 0 bridgehead atoms. The van der Waals surface area contributed by atoms with Crippen LogP contribution in [0.25, 0.3) is 0 Å². The molecule has 1 aromatic carbocycles. The predicted molar refractivity (Wildman–Crippen MR) is 119 cm³/mol. The van der Waals surface area contributed by atoms with Crippen molar-refractivity contribution in [2.45, 2.75) is 39.3 Å². The van der Waals surface area contributed by atoms with Gasteiger partial charge in [-0.2, -0.15) is 0 Å². The Labute approximate surface area is 180 Å². The molecule has 0 unspecified atom stereocenters. The fraction of sp³-hybridized carbons (Fsp3) is 0.667. The minimum Gasteiger partial charge on any atom is -0.491 e. The lowest BCUT2D eigenvalue weighted by atomic mass is 10.0. The van der Waals surface area contributed by atoms with Crippen LogP contribution in [0.3, 0.4) is 0 Å². The number of benzene rings is 1. The van der Waals surface area contributed by atoms with Gasteiger partial charge >= 0.3 is 0 Å². The molecule has 0 spiro atoms. The van der Waals surface area contributed by atoms with Crippen LogP contribution in [0.2, 0.25) is 0 Å². The normalized spacial score (nSPS) is 24.4. The van der Waals surface area contributed by atoms with Gasteiger partial charge < -0.3 is 14.4 Å². The first-order valence-corrected chi connectivity index (χ1v) is 12.2. The van der Waals surface area contributed by atoms with Crippen LogP contribution >= 0.6 is 0 Å². The van der Waals surface area contributed by atoms with Crippen LogP contribution in [-0.4, -0.2) is 82.9 Å². The Kier molecular flexibility index (Phi) is 8.52. The summed E-state index contributed by atoms with van der Waals surface area (Å²) < 4.78 is 37.4. The standard InChI is InChI=1S/C21H35N3O5S/c1-7-10-24-12-15(2)20(28-5)13-23(4)21(25)18-9-8-17(22-30(6,26)27)11-19(18)29-14-16(24)3/h8-9,11,15-16,20,22H,7,10,12-14H2,1-6H3/t15-,16-,20+/m1/s1. The first-order chi connectivity index (χ1) is 14.1. The van der Waals surface area contributed by atoms with Gasteiger partial charge in [0.25, 0.3) is 5.91 Å². The molecule has 1 aliphatic rings. The number of likely N-dealkylation sites (N-methyl/N-ethyl adjacent to an activating group) is 1. The fourth-order valence-electron chi connectivity index (χ4n) is 3.72. The highest BCUT2D eigenvalue weighted by molar-refractivity contribution is 7.92. The molecule has 30 heavy (non-hydrogen) atoms. The molecule has 0 radical (unpaired) electrons. The molecule has 0 aromatic heterocycles. The molecule has 0 fully saturated rings. The average Bonchev–Trinajstić information content (AvgIpc) is 2.67. The van der Waals surface area contributed by atoms with Crippen molar-refractivity contribution >= 4 is 21.6 Å². The molecule has 170 valence electrons. The number of anilines is 1. The molecule has 9 heteroatoms. The number of fused-ring (bicyclic) bond motifs is 1. The molecule has 2 rings (SSSR count). The van der Waals surface area contributed by atoms with Crippen molar-refractivity contribution in [3.8, 4) is 5.75 Å². The summed E-state index contributed by atoms with van der Waals surface area (Å²) in [5, 5.41) is 0. The monoisotopic (exact) mass is 441 g/mol. The number of amides is 1. The molecular formula is C21H35N3O5S. The van der Waals surface area contributed by atoms with Gasteiger partial charge in [-0.15, -0.1) is 0 Å². The number of hydrogen-bond donors (Lipinski definition) is 1. The summed E-state index contributed by atoms with van der Waals surface area (Å²) in [6.07, 6.45) is 2.01. The van der Waals surface area contributed by atoms with Gasteiger partial charge in [0.2, 0.25) is 10.0 Å². The van der Waals surface area contributed by atoms with Crippen molar-refractivity contribution in [2.75, 3.05) is 51.4 Å². The summed E-state index contributed by atoms with van der Waals surface area (Å²) in [5.41, 5.74) is 0.758.